The molecule has 6 nitrogen and oxygen atoms in total. The Hall–Kier alpha value is -1.31. The number of carbonyl (C=O) groups excluding carboxylic acids is 1. The van der Waals surface area contributed by atoms with Gasteiger partial charge in [-0.05, 0) is 62.8 Å². The van der Waals surface area contributed by atoms with Crippen LogP contribution in [0.25, 0.3) is 0 Å². The molecule has 144 valence electrons. The van der Waals surface area contributed by atoms with Crippen molar-refractivity contribution in [2.75, 3.05) is 26.2 Å². The molecule has 0 saturated carbocycles. The minimum Gasteiger partial charge on any atom is -0.325 e. The number of piperidine rings is 1. The first-order valence-corrected chi connectivity index (χ1v) is 11.0. The fraction of sp³-hybridized carbons (Fsp3) is 0.611. The smallest absolute Gasteiger partial charge is 0.320 e. The van der Waals surface area contributed by atoms with Crippen LogP contribution in [0.2, 0.25) is 5.02 Å². The second-order valence-corrected chi connectivity index (χ2v) is 9.34. The number of sulfonamides is 1. The van der Waals surface area contributed by atoms with Crippen LogP contribution in [0.15, 0.2) is 17.0 Å². The Labute approximate surface area is 160 Å². The number of nitrogens with one attached hydrogen (secondary N) is 1. The third kappa shape index (κ3) is 4.15. The van der Waals surface area contributed by atoms with Gasteiger partial charge in [0.05, 0.1) is 4.90 Å². The van der Waals surface area contributed by atoms with Crippen molar-refractivity contribution in [2.24, 2.45) is 0 Å². The number of hydrogen-bond donors (Lipinski definition) is 1. The van der Waals surface area contributed by atoms with Gasteiger partial charge in [0.15, 0.2) is 0 Å². The molecule has 1 aromatic carbocycles. The van der Waals surface area contributed by atoms with E-state index in [9.17, 15) is 13.2 Å². The van der Waals surface area contributed by atoms with Crippen LogP contribution in [0.5, 0.6) is 0 Å². The Kier molecular flexibility index (Phi) is 5.79. The molecule has 26 heavy (non-hydrogen) atoms. The normalized spacial score (nSPS) is 21.3. The Morgan fingerprint density at radius 1 is 1.08 bits per heavy atom. The summed E-state index contributed by atoms with van der Waals surface area (Å²) >= 11 is 6.08. The van der Waals surface area contributed by atoms with Gasteiger partial charge >= 0.3 is 6.03 Å². The number of halogens is 1. The molecule has 2 amide bonds. The molecule has 3 rings (SSSR count). The zero-order valence-corrected chi connectivity index (χ0v) is 16.9. The van der Waals surface area contributed by atoms with Gasteiger partial charge in [0.2, 0.25) is 10.0 Å². The van der Waals surface area contributed by atoms with Crippen LogP contribution in [0, 0.1) is 13.8 Å². The van der Waals surface area contributed by atoms with Crippen molar-refractivity contribution >= 4 is 27.7 Å². The van der Waals surface area contributed by atoms with Crippen molar-refractivity contribution in [1.82, 2.24) is 14.5 Å². The predicted octanol–water partition coefficient (Wildman–Crippen LogP) is 2.92. The van der Waals surface area contributed by atoms with Crippen LogP contribution >= 0.6 is 11.6 Å². The Morgan fingerprint density at radius 3 is 2.42 bits per heavy atom. The van der Waals surface area contributed by atoms with Crippen molar-refractivity contribution in [3.8, 4) is 0 Å². The van der Waals surface area contributed by atoms with Crippen molar-refractivity contribution in [3.63, 3.8) is 0 Å². The quantitative estimate of drug-likeness (QED) is 0.849. The van der Waals surface area contributed by atoms with E-state index < -0.39 is 10.0 Å². The molecule has 8 heteroatoms. The van der Waals surface area contributed by atoms with E-state index >= 15 is 0 Å². The number of nitrogens with zero attached hydrogens (tertiary/aromatic N) is 2. The summed E-state index contributed by atoms with van der Waals surface area (Å²) in [7, 11) is -3.66. The highest BCUT2D eigenvalue weighted by atomic mass is 35.5. The van der Waals surface area contributed by atoms with E-state index in [0.717, 1.165) is 44.3 Å². The Balaban J connectivity index is 1.71. The van der Waals surface area contributed by atoms with Crippen LogP contribution in [0.4, 0.5) is 4.79 Å². The van der Waals surface area contributed by atoms with Gasteiger partial charge in [-0.25, -0.2) is 17.9 Å². The standard InChI is InChI=1S/C18H26ClN3O3S/c1-13-11-17(14(2)10-16(13)19)26(24,25)20-15-6-5-9-22(12-15)18(23)21-7-3-4-8-21/h10-11,15,20H,3-9,12H2,1-2H3/t15-/m0/s1. The van der Waals surface area contributed by atoms with Crippen LogP contribution in [0.3, 0.4) is 0 Å². The molecule has 2 aliphatic heterocycles. The average molecular weight is 400 g/mol. The van der Waals surface area contributed by atoms with Crippen LogP contribution < -0.4 is 4.72 Å². The first-order valence-electron chi connectivity index (χ1n) is 9.11. The van der Waals surface area contributed by atoms with Gasteiger partial charge in [-0.2, -0.15) is 0 Å². The van der Waals surface area contributed by atoms with Crippen LogP contribution in [-0.2, 0) is 10.0 Å². The summed E-state index contributed by atoms with van der Waals surface area (Å²) in [4.78, 5) is 16.5. The lowest BCUT2D eigenvalue weighted by Crippen LogP contribution is -2.52. The molecule has 0 aromatic heterocycles. The lowest BCUT2D eigenvalue weighted by Gasteiger charge is -2.35. The molecule has 0 aliphatic carbocycles. The maximum atomic E-state index is 12.8. The molecule has 1 atom stereocenters. The number of amides is 2. The van der Waals surface area contributed by atoms with Gasteiger partial charge in [0.1, 0.15) is 0 Å². The second kappa shape index (κ2) is 7.74. The third-order valence-corrected chi connectivity index (χ3v) is 7.21. The zero-order chi connectivity index (χ0) is 18.9. The first-order chi connectivity index (χ1) is 12.3. The minimum absolute atomic E-state index is 0.0323. The molecule has 0 bridgehead atoms. The highest BCUT2D eigenvalue weighted by Crippen LogP contribution is 2.25. The number of carbonyl (C=O) groups is 1. The summed E-state index contributed by atoms with van der Waals surface area (Å²) in [6.45, 7) is 6.23. The molecule has 1 aromatic rings. The molecule has 0 spiro atoms. The molecular weight excluding hydrogens is 374 g/mol. The summed E-state index contributed by atoms with van der Waals surface area (Å²) in [5, 5.41) is 0.557. The van der Waals surface area contributed by atoms with E-state index in [1.54, 1.807) is 30.9 Å². The SMILES string of the molecule is Cc1cc(S(=O)(=O)N[C@H]2CCCN(C(=O)N3CCCC3)C2)c(C)cc1Cl. The average Bonchev–Trinajstić information content (AvgIpc) is 3.11. The van der Waals surface area contributed by atoms with Crippen molar-refractivity contribution in [3.05, 3.63) is 28.3 Å². The van der Waals surface area contributed by atoms with Crippen molar-refractivity contribution < 1.29 is 13.2 Å². The molecule has 0 unspecified atom stereocenters. The van der Waals surface area contributed by atoms with Gasteiger partial charge in [-0.15, -0.1) is 0 Å². The van der Waals surface area contributed by atoms with Crippen LogP contribution in [0.1, 0.15) is 36.8 Å². The maximum absolute atomic E-state index is 12.8. The molecule has 2 saturated heterocycles. The van der Waals surface area contributed by atoms with E-state index in [4.69, 9.17) is 11.6 Å². The number of hydrogen-bond acceptors (Lipinski definition) is 3. The van der Waals surface area contributed by atoms with E-state index in [-0.39, 0.29) is 17.0 Å². The number of benzene rings is 1. The summed E-state index contributed by atoms with van der Waals surface area (Å²) in [5.74, 6) is 0. The lowest BCUT2D eigenvalue weighted by atomic mass is 10.1. The van der Waals surface area contributed by atoms with E-state index in [1.807, 2.05) is 4.90 Å². The largest absolute Gasteiger partial charge is 0.325 e. The summed E-state index contributed by atoms with van der Waals surface area (Å²) < 4.78 is 28.5. The highest BCUT2D eigenvalue weighted by molar-refractivity contribution is 7.89. The fourth-order valence-corrected chi connectivity index (χ4v) is 5.47. The molecule has 1 N–H and O–H groups in total. The number of likely N-dealkylation sites (tertiary alicyclic amines) is 2. The second-order valence-electron chi connectivity index (χ2n) is 7.25. The Bertz CT molecular complexity index is 791. The summed E-state index contributed by atoms with van der Waals surface area (Å²) in [5.41, 5.74) is 1.35. The van der Waals surface area contributed by atoms with Gasteiger partial charge in [-0.1, -0.05) is 11.6 Å². The third-order valence-electron chi connectivity index (χ3n) is 5.14. The van der Waals surface area contributed by atoms with E-state index in [2.05, 4.69) is 4.72 Å². The minimum atomic E-state index is -3.66. The van der Waals surface area contributed by atoms with Crippen molar-refractivity contribution in [2.45, 2.75) is 50.5 Å². The van der Waals surface area contributed by atoms with Gasteiger partial charge in [0.25, 0.3) is 0 Å². The Morgan fingerprint density at radius 2 is 1.73 bits per heavy atom. The van der Waals surface area contributed by atoms with Gasteiger partial charge < -0.3 is 9.80 Å². The number of rotatable bonds is 3. The monoisotopic (exact) mass is 399 g/mol. The summed E-state index contributed by atoms with van der Waals surface area (Å²) in [6.07, 6.45) is 3.62. The van der Waals surface area contributed by atoms with Crippen molar-refractivity contribution in [1.29, 1.82) is 0 Å². The van der Waals surface area contributed by atoms with E-state index in [0.29, 0.717) is 23.7 Å². The zero-order valence-electron chi connectivity index (χ0n) is 15.3. The lowest BCUT2D eigenvalue weighted by molar-refractivity contribution is 0.145. The molecule has 2 fully saturated rings. The van der Waals surface area contributed by atoms with E-state index in [1.165, 1.54) is 0 Å². The predicted molar refractivity (Wildman–Crippen MR) is 102 cm³/mol. The molecule has 2 heterocycles. The molecule has 0 radical (unpaired) electrons. The molecular formula is C18H26ClN3O3S. The van der Waals surface area contributed by atoms with Gasteiger partial charge in [-0.3, -0.25) is 0 Å². The van der Waals surface area contributed by atoms with Gasteiger partial charge in [0, 0.05) is 37.2 Å². The molecule has 2 aliphatic rings. The number of urea groups is 1. The highest BCUT2D eigenvalue weighted by Gasteiger charge is 2.31. The first kappa shape index (κ1) is 19.5. The number of aryl methyl sites for hydroxylation is 2. The topological polar surface area (TPSA) is 69.7 Å². The fourth-order valence-electron chi connectivity index (χ4n) is 3.68. The van der Waals surface area contributed by atoms with Crippen LogP contribution in [-0.4, -0.2) is 56.5 Å². The maximum Gasteiger partial charge on any atom is 0.320 e. The summed E-state index contributed by atoms with van der Waals surface area (Å²) in [6, 6.07) is 3.05.